The summed E-state index contributed by atoms with van der Waals surface area (Å²) >= 11 is 0. The number of nitrogens with zero attached hydrogens (tertiary/aromatic N) is 3. The zero-order valence-electron chi connectivity index (χ0n) is 10.5. The summed E-state index contributed by atoms with van der Waals surface area (Å²) in [5, 5.41) is 3.04. The van der Waals surface area contributed by atoms with Gasteiger partial charge in [-0.15, -0.1) is 0 Å². The molecule has 4 N–H and O–H groups in total. The maximum Gasteiger partial charge on any atom is 0.280 e. The zero-order chi connectivity index (χ0) is 13.4. The standard InChI is InChI=1S/C12H14N6O/c1-18-6-14-9-10(18)16-12(17-11(9)19)15-8-5-3-2-4-7(8)13/h3,5-6H,2,4,13H2,1H3,(H2,15,16,17,19). The van der Waals surface area contributed by atoms with Gasteiger partial charge in [-0.05, 0) is 18.9 Å². The van der Waals surface area contributed by atoms with Gasteiger partial charge in [0.15, 0.2) is 11.2 Å². The number of aromatic amines is 1. The molecule has 2 aromatic rings. The lowest BCUT2D eigenvalue weighted by molar-refractivity contribution is 0.914. The van der Waals surface area contributed by atoms with Crippen molar-refractivity contribution in [1.82, 2.24) is 19.5 Å². The smallest absolute Gasteiger partial charge is 0.280 e. The lowest BCUT2D eigenvalue weighted by Gasteiger charge is -2.13. The number of fused-ring (bicyclic) bond motifs is 1. The van der Waals surface area contributed by atoms with Crippen LogP contribution in [0.1, 0.15) is 12.8 Å². The largest absolute Gasteiger partial charge is 0.400 e. The first kappa shape index (κ1) is 11.5. The van der Waals surface area contributed by atoms with Gasteiger partial charge in [-0.2, -0.15) is 4.98 Å². The molecule has 0 bridgehead atoms. The summed E-state index contributed by atoms with van der Waals surface area (Å²) in [5.74, 6) is 0.366. The van der Waals surface area contributed by atoms with Crippen LogP contribution in [0.4, 0.5) is 5.95 Å². The van der Waals surface area contributed by atoms with Crippen LogP contribution in [0, 0.1) is 0 Å². The van der Waals surface area contributed by atoms with Crippen LogP contribution in [-0.2, 0) is 7.05 Å². The fourth-order valence-corrected chi connectivity index (χ4v) is 2.01. The van der Waals surface area contributed by atoms with E-state index in [9.17, 15) is 4.79 Å². The highest BCUT2D eigenvalue weighted by atomic mass is 16.1. The predicted molar refractivity (Wildman–Crippen MR) is 72.3 cm³/mol. The van der Waals surface area contributed by atoms with Crippen LogP contribution in [-0.4, -0.2) is 19.5 Å². The Bertz CT molecular complexity index is 751. The van der Waals surface area contributed by atoms with Crippen molar-refractivity contribution in [2.75, 3.05) is 5.32 Å². The van der Waals surface area contributed by atoms with Crippen molar-refractivity contribution in [3.8, 4) is 0 Å². The van der Waals surface area contributed by atoms with E-state index in [2.05, 4.69) is 20.3 Å². The first-order valence-electron chi connectivity index (χ1n) is 5.98. The molecule has 2 aromatic heterocycles. The Kier molecular flexibility index (Phi) is 2.59. The van der Waals surface area contributed by atoms with E-state index in [0.29, 0.717) is 17.1 Å². The van der Waals surface area contributed by atoms with Gasteiger partial charge in [-0.25, -0.2) is 4.98 Å². The van der Waals surface area contributed by atoms with Crippen molar-refractivity contribution in [3.63, 3.8) is 0 Å². The predicted octanol–water partition coefficient (Wildman–Crippen LogP) is 0.589. The molecular weight excluding hydrogens is 244 g/mol. The SMILES string of the molecule is Cn1cnc2c(=O)[nH]c(NC3=C(N)CCC=C3)nc21. The molecule has 0 saturated carbocycles. The molecule has 7 heteroatoms. The highest BCUT2D eigenvalue weighted by Gasteiger charge is 2.10. The van der Waals surface area contributed by atoms with Gasteiger partial charge in [0.05, 0.1) is 12.0 Å². The quantitative estimate of drug-likeness (QED) is 0.731. The Labute approximate surface area is 108 Å². The number of aromatic nitrogens is 4. The third kappa shape index (κ3) is 1.99. The van der Waals surface area contributed by atoms with Crippen LogP contribution in [0.3, 0.4) is 0 Å². The molecule has 0 radical (unpaired) electrons. The van der Waals surface area contributed by atoms with E-state index in [-0.39, 0.29) is 5.56 Å². The van der Waals surface area contributed by atoms with Crippen molar-refractivity contribution in [1.29, 1.82) is 0 Å². The highest BCUT2D eigenvalue weighted by Crippen LogP contribution is 2.16. The second-order valence-corrected chi connectivity index (χ2v) is 4.45. The van der Waals surface area contributed by atoms with Gasteiger partial charge in [0.25, 0.3) is 5.56 Å². The zero-order valence-corrected chi connectivity index (χ0v) is 10.5. The average Bonchev–Trinajstić information content (AvgIpc) is 2.75. The Hall–Kier alpha value is -2.57. The second-order valence-electron chi connectivity index (χ2n) is 4.45. The summed E-state index contributed by atoms with van der Waals surface area (Å²) in [6.45, 7) is 0. The van der Waals surface area contributed by atoms with Gasteiger partial charge < -0.3 is 15.6 Å². The Morgan fingerprint density at radius 1 is 1.53 bits per heavy atom. The summed E-state index contributed by atoms with van der Waals surface area (Å²) in [7, 11) is 1.79. The second kappa shape index (κ2) is 4.27. The van der Waals surface area contributed by atoms with E-state index in [0.717, 1.165) is 24.2 Å². The van der Waals surface area contributed by atoms with E-state index < -0.39 is 0 Å². The summed E-state index contributed by atoms with van der Waals surface area (Å²) in [6, 6.07) is 0. The Balaban J connectivity index is 2.04. The summed E-state index contributed by atoms with van der Waals surface area (Å²) < 4.78 is 1.70. The molecule has 0 unspecified atom stereocenters. The molecule has 0 fully saturated rings. The molecule has 0 spiro atoms. The van der Waals surface area contributed by atoms with Crippen molar-refractivity contribution in [2.45, 2.75) is 12.8 Å². The molecule has 1 aliphatic carbocycles. The lowest BCUT2D eigenvalue weighted by Crippen LogP contribution is -2.16. The van der Waals surface area contributed by atoms with Crippen LogP contribution in [0.2, 0.25) is 0 Å². The first-order chi connectivity index (χ1) is 9.15. The number of nitrogens with two attached hydrogens (primary N) is 1. The number of rotatable bonds is 2. The molecule has 2 heterocycles. The summed E-state index contributed by atoms with van der Waals surface area (Å²) in [5.41, 5.74) is 8.04. The van der Waals surface area contributed by atoms with Crippen LogP contribution in [0.15, 0.2) is 34.7 Å². The van der Waals surface area contributed by atoms with E-state index in [1.165, 1.54) is 0 Å². The number of H-pyrrole nitrogens is 1. The van der Waals surface area contributed by atoms with Gasteiger partial charge in [0.1, 0.15) is 0 Å². The highest BCUT2D eigenvalue weighted by molar-refractivity contribution is 5.71. The Morgan fingerprint density at radius 3 is 3.16 bits per heavy atom. The normalized spacial score (nSPS) is 15.2. The number of hydrogen-bond acceptors (Lipinski definition) is 5. The molecule has 0 atom stereocenters. The topological polar surface area (TPSA) is 102 Å². The molecule has 1 aliphatic rings. The van der Waals surface area contributed by atoms with Crippen LogP contribution in [0.5, 0.6) is 0 Å². The fourth-order valence-electron chi connectivity index (χ4n) is 2.01. The first-order valence-corrected chi connectivity index (χ1v) is 5.98. The van der Waals surface area contributed by atoms with Gasteiger partial charge in [-0.3, -0.25) is 9.78 Å². The minimum absolute atomic E-state index is 0.271. The molecule has 98 valence electrons. The van der Waals surface area contributed by atoms with Gasteiger partial charge in [0.2, 0.25) is 5.95 Å². The maximum absolute atomic E-state index is 11.9. The molecule has 7 nitrogen and oxygen atoms in total. The maximum atomic E-state index is 11.9. The van der Waals surface area contributed by atoms with E-state index in [1.54, 1.807) is 17.9 Å². The number of nitrogens with one attached hydrogen (secondary N) is 2. The third-order valence-corrected chi connectivity index (χ3v) is 3.03. The number of allylic oxidation sites excluding steroid dienone is 3. The van der Waals surface area contributed by atoms with Gasteiger partial charge in [0, 0.05) is 12.7 Å². The van der Waals surface area contributed by atoms with E-state index >= 15 is 0 Å². The summed E-state index contributed by atoms with van der Waals surface area (Å²) in [6.07, 6.45) is 7.22. The molecule has 0 aromatic carbocycles. The van der Waals surface area contributed by atoms with Gasteiger partial charge in [-0.1, -0.05) is 6.08 Å². The average molecular weight is 258 g/mol. The van der Waals surface area contributed by atoms with Crippen molar-refractivity contribution in [2.24, 2.45) is 12.8 Å². The van der Waals surface area contributed by atoms with Crippen LogP contribution in [0.25, 0.3) is 11.2 Å². The third-order valence-electron chi connectivity index (χ3n) is 3.03. The van der Waals surface area contributed by atoms with E-state index in [4.69, 9.17) is 5.73 Å². The monoisotopic (exact) mass is 258 g/mol. The number of anilines is 1. The molecule has 0 saturated heterocycles. The van der Waals surface area contributed by atoms with Crippen LogP contribution >= 0.6 is 0 Å². The molecule has 0 amide bonds. The minimum atomic E-state index is -0.271. The molecule has 3 rings (SSSR count). The van der Waals surface area contributed by atoms with E-state index in [1.807, 2.05) is 12.2 Å². The van der Waals surface area contributed by atoms with Crippen LogP contribution < -0.4 is 16.6 Å². The molecule has 19 heavy (non-hydrogen) atoms. The number of aryl methyl sites for hydroxylation is 1. The lowest BCUT2D eigenvalue weighted by atomic mass is 10.1. The molecule has 0 aliphatic heterocycles. The van der Waals surface area contributed by atoms with Gasteiger partial charge >= 0.3 is 0 Å². The molecular formula is C12H14N6O. The van der Waals surface area contributed by atoms with Crippen molar-refractivity contribution in [3.05, 3.63) is 40.2 Å². The van der Waals surface area contributed by atoms with Crippen molar-refractivity contribution >= 4 is 17.1 Å². The fraction of sp³-hybridized carbons (Fsp3) is 0.250. The number of hydrogen-bond donors (Lipinski definition) is 3. The number of imidazole rings is 1. The Morgan fingerprint density at radius 2 is 2.37 bits per heavy atom. The minimum Gasteiger partial charge on any atom is -0.400 e. The van der Waals surface area contributed by atoms with Crippen molar-refractivity contribution < 1.29 is 0 Å². The summed E-state index contributed by atoms with van der Waals surface area (Å²) in [4.78, 5) is 22.8.